The summed E-state index contributed by atoms with van der Waals surface area (Å²) < 4.78 is 5.49. The second kappa shape index (κ2) is 3.31. The quantitative estimate of drug-likeness (QED) is 0.601. The van der Waals surface area contributed by atoms with Crippen molar-refractivity contribution < 1.29 is 14.3 Å². The fourth-order valence-corrected chi connectivity index (χ4v) is 3.49. The molecule has 3 nitrogen and oxygen atoms in total. The van der Waals surface area contributed by atoms with Crippen molar-refractivity contribution in [3.8, 4) is 0 Å². The van der Waals surface area contributed by atoms with Crippen LogP contribution < -0.4 is 0 Å². The monoisotopic (exact) mass is 232 g/mol. The molecule has 3 atom stereocenters. The lowest BCUT2D eigenvalue weighted by Crippen LogP contribution is -2.51. The molecule has 1 saturated heterocycles. The fourth-order valence-electron chi connectivity index (χ4n) is 3.49. The number of esters is 1. The van der Waals surface area contributed by atoms with Crippen LogP contribution in [0.1, 0.15) is 33.1 Å². The van der Waals surface area contributed by atoms with Gasteiger partial charge in [0.2, 0.25) is 5.78 Å². The van der Waals surface area contributed by atoms with Crippen molar-refractivity contribution in [3.63, 3.8) is 0 Å². The maximum Gasteiger partial charge on any atom is 0.307 e. The van der Waals surface area contributed by atoms with E-state index in [1.54, 1.807) is 6.92 Å². The summed E-state index contributed by atoms with van der Waals surface area (Å²) in [5.74, 6) is 0.338. The zero-order valence-corrected chi connectivity index (χ0v) is 10.2. The first-order chi connectivity index (χ1) is 8.04. The molecule has 0 aromatic carbocycles. The first kappa shape index (κ1) is 10.8. The number of carbonyl (C=O) groups excluding carboxylic acids is 2. The van der Waals surface area contributed by atoms with E-state index in [0.717, 1.165) is 18.4 Å². The summed E-state index contributed by atoms with van der Waals surface area (Å²) in [5, 5.41) is 0. The van der Waals surface area contributed by atoms with Crippen molar-refractivity contribution in [2.24, 2.45) is 11.8 Å². The summed E-state index contributed by atoms with van der Waals surface area (Å²) in [6.07, 6.45) is 5.99. The van der Waals surface area contributed by atoms with E-state index in [9.17, 15) is 9.59 Å². The van der Waals surface area contributed by atoms with Crippen LogP contribution in [0.15, 0.2) is 23.3 Å². The summed E-state index contributed by atoms with van der Waals surface area (Å²) in [4.78, 5) is 24.0. The maximum atomic E-state index is 12.4. The lowest BCUT2D eigenvalue weighted by Gasteiger charge is -2.42. The van der Waals surface area contributed by atoms with E-state index in [1.807, 2.05) is 12.2 Å². The largest absolute Gasteiger partial charge is 0.446 e. The Labute approximate surface area is 101 Å². The third-order valence-electron chi connectivity index (χ3n) is 4.23. The maximum absolute atomic E-state index is 12.4. The molecule has 0 bridgehead atoms. The summed E-state index contributed by atoms with van der Waals surface area (Å²) in [6, 6.07) is 0. The molecule has 3 heteroatoms. The van der Waals surface area contributed by atoms with Crippen LogP contribution in [0.4, 0.5) is 0 Å². The number of Topliss-reactive ketones (excluding diaryl/α,β-unsaturated/α-hetero) is 1. The topological polar surface area (TPSA) is 43.4 Å². The molecule has 1 aliphatic heterocycles. The van der Waals surface area contributed by atoms with Gasteiger partial charge < -0.3 is 4.74 Å². The van der Waals surface area contributed by atoms with Gasteiger partial charge in [0.1, 0.15) is 0 Å². The molecule has 90 valence electrons. The summed E-state index contributed by atoms with van der Waals surface area (Å²) in [5.41, 5.74) is 0.772. The number of rotatable bonds is 0. The third kappa shape index (κ3) is 1.28. The van der Waals surface area contributed by atoms with Crippen molar-refractivity contribution in [1.29, 1.82) is 0 Å². The molecule has 2 fully saturated rings. The van der Waals surface area contributed by atoms with Gasteiger partial charge in [-0.05, 0) is 36.8 Å². The number of carbonyl (C=O) groups is 2. The molecular weight excluding hydrogens is 216 g/mol. The number of allylic oxidation sites excluding steroid dienone is 2. The molecule has 3 rings (SSSR count). The van der Waals surface area contributed by atoms with Gasteiger partial charge in [-0.3, -0.25) is 9.59 Å². The van der Waals surface area contributed by atoms with Crippen LogP contribution in [0.25, 0.3) is 0 Å². The molecular formula is C14H16O3. The highest BCUT2D eigenvalue weighted by atomic mass is 16.6. The van der Waals surface area contributed by atoms with E-state index in [0.29, 0.717) is 17.9 Å². The Morgan fingerprint density at radius 2 is 2.06 bits per heavy atom. The van der Waals surface area contributed by atoms with Gasteiger partial charge in [-0.15, -0.1) is 0 Å². The highest BCUT2D eigenvalue weighted by Crippen LogP contribution is 2.51. The molecule has 0 radical (unpaired) electrons. The van der Waals surface area contributed by atoms with Gasteiger partial charge in [0.25, 0.3) is 0 Å². The zero-order chi connectivity index (χ0) is 12.2. The fraction of sp³-hybridized carbons (Fsp3) is 0.571. The molecule has 0 unspecified atom stereocenters. The second-order valence-electron chi connectivity index (χ2n) is 5.53. The minimum atomic E-state index is -0.928. The Morgan fingerprint density at radius 1 is 1.29 bits per heavy atom. The number of ketones is 1. The highest BCUT2D eigenvalue weighted by molar-refractivity contribution is 6.08. The average molecular weight is 232 g/mol. The van der Waals surface area contributed by atoms with Crippen LogP contribution in [-0.4, -0.2) is 17.4 Å². The lowest BCUT2D eigenvalue weighted by atomic mass is 9.64. The molecule has 1 heterocycles. The lowest BCUT2D eigenvalue weighted by molar-refractivity contribution is -0.155. The van der Waals surface area contributed by atoms with Crippen LogP contribution in [0.2, 0.25) is 0 Å². The van der Waals surface area contributed by atoms with Crippen molar-refractivity contribution in [3.05, 3.63) is 23.3 Å². The molecule has 0 amide bonds. The standard InChI is InChI=1S/C14H16O3/c1-8-5-10-4-3-9(2)13(16)14(10)11(6-8)7-12(15)17-14/h3-4,8,11H,5-7H2,1-2H3/t8-,11+,14+/m0/s1. The highest BCUT2D eigenvalue weighted by Gasteiger charge is 2.59. The molecule has 3 aliphatic rings. The normalized spacial score (nSPS) is 40.1. The van der Waals surface area contributed by atoms with E-state index in [4.69, 9.17) is 4.74 Å². The zero-order valence-electron chi connectivity index (χ0n) is 10.2. The van der Waals surface area contributed by atoms with E-state index in [-0.39, 0.29) is 17.7 Å². The van der Waals surface area contributed by atoms with Gasteiger partial charge in [0.05, 0.1) is 6.42 Å². The van der Waals surface area contributed by atoms with Crippen LogP contribution in [0.5, 0.6) is 0 Å². The molecule has 17 heavy (non-hydrogen) atoms. The summed E-state index contributed by atoms with van der Waals surface area (Å²) in [6.45, 7) is 3.97. The van der Waals surface area contributed by atoms with E-state index < -0.39 is 5.60 Å². The Balaban J connectivity index is 2.14. The molecule has 0 N–H and O–H groups in total. The van der Waals surface area contributed by atoms with Crippen LogP contribution in [-0.2, 0) is 14.3 Å². The second-order valence-corrected chi connectivity index (χ2v) is 5.53. The van der Waals surface area contributed by atoms with Crippen LogP contribution >= 0.6 is 0 Å². The van der Waals surface area contributed by atoms with Gasteiger partial charge in [-0.2, -0.15) is 0 Å². The van der Waals surface area contributed by atoms with Crippen molar-refractivity contribution in [1.82, 2.24) is 0 Å². The first-order valence-corrected chi connectivity index (χ1v) is 6.18. The number of hydrogen-bond donors (Lipinski definition) is 0. The van der Waals surface area contributed by atoms with Gasteiger partial charge in [-0.25, -0.2) is 0 Å². The third-order valence-corrected chi connectivity index (χ3v) is 4.23. The van der Waals surface area contributed by atoms with E-state index in [1.165, 1.54) is 0 Å². The van der Waals surface area contributed by atoms with Gasteiger partial charge in [-0.1, -0.05) is 19.1 Å². The minimum absolute atomic E-state index is 0.00208. The Bertz CT molecular complexity index is 472. The molecule has 1 spiro atoms. The molecule has 0 aromatic rings. The van der Waals surface area contributed by atoms with E-state index in [2.05, 4.69) is 6.92 Å². The predicted molar refractivity (Wildman–Crippen MR) is 62.2 cm³/mol. The molecule has 1 saturated carbocycles. The Hall–Kier alpha value is -1.38. The van der Waals surface area contributed by atoms with Crippen molar-refractivity contribution >= 4 is 11.8 Å². The van der Waals surface area contributed by atoms with E-state index >= 15 is 0 Å². The number of hydrogen-bond acceptors (Lipinski definition) is 3. The van der Waals surface area contributed by atoms with Crippen molar-refractivity contribution in [2.45, 2.75) is 38.7 Å². The summed E-state index contributed by atoms with van der Waals surface area (Å²) in [7, 11) is 0. The smallest absolute Gasteiger partial charge is 0.307 e. The van der Waals surface area contributed by atoms with Crippen LogP contribution in [0, 0.1) is 11.8 Å². The Morgan fingerprint density at radius 3 is 2.82 bits per heavy atom. The number of ether oxygens (including phenoxy) is 1. The van der Waals surface area contributed by atoms with Gasteiger partial charge in [0.15, 0.2) is 5.60 Å². The molecule has 0 aromatic heterocycles. The predicted octanol–water partition coefficient (Wildman–Crippen LogP) is 2.17. The summed E-state index contributed by atoms with van der Waals surface area (Å²) >= 11 is 0. The Kier molecular flexibility index (Phi) is 2.09. The minimum Gasteiger partial charge on any atom is -0.446 e. The molecule has 2 aliphatic carbocycles. The van der Waals surface area contributed by atoms with Gasteiger partial charge >= 0.3 is 5.97 Å². The average Bonchev–Trinajstić information content (AvgIpc) is 2.59. The SMILES string of the molecule is CC1=CC=C2C[C@H](C)C[C@@H]3CC(=O)O[C@]23C1=O. The van der Waals surface area contributed by atoms with Crippen LogP contribution in [0.3, 0.4) is 0 Å². The first-order valence-electron chi connectivity index (χ1n) is 6.18. The van der Waals surface area contributed by atoms with Gasteiger partial charge in [0, 0.05) is 5.92 Å². The van der Waals surface area contributed by atoms with Crippen molar-refractivity contribution in [2.75, 3.05) is 0 Å².